The average molecular weight is 198 g/mol. The lowest BCUT2D eigenvalue weighted by Crippen LogP contribution is -2.08. The Hall–Kier alpha value is -1.22. The number of rotatable bonds is 4. The molecule has 0 heterocycles. The molecule has 0 amide bonds. The van der Waals surface area contributed by atoms with Gasteiger partial charge in [0.1, 0.15) is 11.9 Å². The fourth-order valence-corrected chi connectivity index (χ4v) is 0.914. The average Bonchev–Trinajstić information content (AvgIpc) is 2.18. The Balaban J connectivity index is 4.64. The first kappa shape index (κ1) is 12.8. The van der Waals surface area contributed by atoms with Gasteiger partial charge < -0.3 is 14.9 Å². The van der Waals surface area contributed by atoms with Crippen LogP contribution < -0.4 is 0 Å². The van der Waals surface area contributed by atoms with E-state index in [0.29, 0.717) is 11.5 Å². The van der Waals surface area contributed by atoms with E-state index in [4.69, 9.17) is 4.74 Å². The van der Waals surface area contributed by atoms with E-state index in [1.807, 2.05) is 0 Å². The summed E-state index contributed by atoms with van der Waals surface area (Å²) in [6.07, 6.45) is 4.16. The van der Waals surface area contributed by atoms with Crippen LogP contribution in [0.5, 0.6) is 0 Å². The van der Waals surface area contributed by atoms with Crippen molar-refractivity contribution in [1.82, 2.24) is 0 Å². The molecule has 0 saturated heterocycles. The summed E-state index contributed by atoms with van der Waals surface area (Å²) in [5, 5.41) is 18.7. The van der Waals surface area contributed by atoms with Crippen molar-refractivity contribution in [3.8, 4) is 0 Å². The van der Waals surface area contributed by atoms with E-state index in [1.54, 1.807) is 39.8 Å². The van der Waals surface area contributed by atoms with Gasteiger partial charge in [0.25, 0.3) is 0 Å². The Kier molecular flexibility index (Phi) is 5.72. The minimum atomic E-state index is -0.681. The molecule has 3 heteroatoms. The van der Waals surface area contributed by atoms with Gasteiger partial charge >= 0.3 is 0 Å². The number of aliphatic hydroxyl groups excluding tert-OH is 2. The summed E-state index contributed by atoms with van der Waals surface area (Å²) in [6.45, 7) is 6.83. The highest BCUT2D eigenvalue weighted by atomic mass is 16.5. The molecule has 0 radical (unpaired) electrons. The third kappa shape index (κ3) is 3.66. The van der Waals surface area contributed by atoms with Crippen molar-refractivity contribution in [3.05, 3.63) is 35.5 Å². The molecule has 0 aliphatic rings. The smallest absolute Gasteiger partial charge is 0.164 e. The second kappa shape index (κ2) is 6.27. The molecule has 0 rings (SSSR count). The first-order valence-corrected chi connectivity index (χ1v) is 4.60. The van der Waals surface area contributed by atoms with Gasteiger partial charge in [-0.2, -0.15) is 0 Å². The van der Waals surface area contributed by atoms with Gasteiger partial charge in [0.05, 0.1) is 0 Å². The van der Waals surface area contributed by atoms with Crippen LogP contribution in [0.4, 0.5) is 0 Å². The minimum absolute atomic E-state index is 0.0625. The second-order valence-corrected chi connectivity index (χ2v) is 2.80. The highest BCUT2D eigenvalue weighted by Gasteiger charge is 2.10. The molecule has 0 aromatic rings. The van der Waals surface area contributed by atoms with Gasteiger partial charge in [-0.05, 0) is 45.9 Å². The highest BCUT2D eigenvalue weighted by Crippen LogP contribution is 2.15. The van der Waals surface area contributed by atoms with Crippen LogP contribution in [0.15, 0.2) is 35.5 Å². The van der Waals surface area contributed by atoms with Crippen molar-refractivity contribution in [1.29, 1.82) is 0 Å². The normalized spacial score (nSPS) is 16.8. The molecule has 2 N–H and O–H groups in total. The van der Waals surface area contributed by atoms with Crippen LogP contribution in [-0.2, 0) is 4.74 Å². The maximum Gasteiger partial charge on any atom is 0.164 e. The molecule has 1 atom stereocenters. The van der Waals surface area contributed by atoms with Crippen molar-refractivity contribution in [3.63, 3.8) is 0 Å². The Labute approximate surface area is 85.0 Å². The molecular formula is C11H18O3. The van der Waals surface area contributed by atoms with Crippen molar-refractivity contribution in [2.75, 3.05) is 0 Å². The second-order valence-electron chi connectivity index (χ2n) is 2.80. The Morgan fingerprint density at radius 3 is 2.00 bits per heavy atom. The molecule has 0 aromatic heterocycles. The van der Waals surface area contributed by atoms with Crippen molar-refractivity contribution >= 4 is 0 Å². The minimum Gasteiger partial charge on any atom is -0.504 e. The number of hydrogen-bond donors (Lipinski definition) is 2. The van der Waals surface area contributed by atoms with Gasteiger partial charge in [-0.25, -0.2) is 0 Å². The predicted molar refractivity (Wildman–Crippen MR) is 56.7 cm³/mol. The van der Waals surface area contributed by atoms with Crippen LogP contribution >= 0.6 is 0 Å². The van der Waals surface area contributed by atoms with Gasteiger partial charge in [-0.3, -0.25) is 0 Å². The van der Waals surface area contributed by atoms with Crippen LogP contribution in [-0.4, -0.2) is 16.3 Å². The van der Waals surface area contributed by atoms with E-state index in [2.05, 4.69) is 0 Å². The largest absolute Gasteiger partial charge is 0.504 e. The summed E-state index contributed by atoms with van der Waals surface area (Å²) in [4.78, 5) is 0. The highest BCUT2D eigenvalue weighted by molar-refractivity contribution is 5.20. The maximum absolute atomic E-state index is 9.40. The lowest BCUT2D eigenvalue weighted by molar-refractivity contribution is 0.142. The molecule has 80 valence electrons. The fourth-order valence-electron chi connectivity index (χ4n) is 0.914. The summed E-state index contributed by atoms with van der Waals surface area (Å²) in [5.41, 5.74) is 0. The lowest BCUT2D eigenvalue weighted by Gasteiger charge is -2.14. The van der Waals surface area contributed by atoms with Crippen LogP contribution in [0.1, 0.15) is 27.7 Å². The van der Waals surface area contributed by atoms with E-state index in [1.165, 1.54) is 6.08 Å². The zero-order valence-corrected chi connectivity index (χ0v) is 9.11. The molecular weight excluding hydrogens is 180 g/mol. The van der Waals surface area contributed by atoms with Crippen LogP contribution in [0.2, 0.25) is 0 Å². The fraction of sp³-hybridized carbons (Fsp3) is 0.455. The SMILES string of the molecule is CC=C(O)C(=CC)OC(=CC)C(C)O. The van der Waals surface area contributed by atoms with E-state index >= 15 is 0 Å². The van der Waals surface area contributed by atoms with E-state index in [0.717, 1.165) is 0 Å². The molecule has 1 unspecified atom stereocenters. The van der Waals surface area contributed by atoms with Crippen molar-refractivity contribution in [2.45, 2.75) is 33.8 Å². The lowest BCUT2D eigenvalue weighted by atomic mass is 10.3. The van der Waals surface area contributed by atoms with Gasteiger partial charge in [0, 0.05) is 0 Å². The summed E-state index contributed by atoms with van der Waals surface area (Å²) in [5.74, 6) is 0.834. The summed E-state index contributed by atoms with van der Waals surface area (Å²) < 4.78 is 5.32. The number of allylic oxidation sites excluding steroid dienone is 3. The quantitative estimate of drug-likeness (QED) is 0.539. The standard InChI is InChI=1S/C11H18O3/c1-5-9(13)11(7-3)14-10(6-2)8(4)12/h5-8,12-13H,1-4H3. The molecule has 3 nitrogen and oxygen atoms in total. The zero-order valence-electron chi connectivity index (χ0n) is 9.11. The molecule has 0 bridgehead atoms. The molecule has 0 fully saturated rings. The van der Waals surface area contributed by atoms with E-state index < -0.39 is 6.10 Å². The number of hydrogen-bond acceptors (Lipinski definition) is 3. The Bertz CT molecular complexity index is 260. The summed E-state index contributed by atoms with van der Waals surface area (Å²) >= 11 is 0. The zero-order chi connectivity index (χ0) is 11.1. The van der Waals surface area contributed by atoms with Gasteiger partial charge in [-0.15, -0.1) is 0 Å². The maximum atomic E-state index is 9.40. The van der Waals surface area contributed by atoms with E-state index in [9.17, 15) is 10.2 Å². The Morgan fingerprint density at radius 2 is 1.71 bits per heavy atom. The summed E-state index contributed by atoms with van der Waals surface area (Å²) in [6, 6.07) is 0. The Morgan fingerprint density at radius 1 is 1.14 bits per heavy atom. The number of ether oxygens (including phenoxy) is 1. The van der Waals surface area contributed by atoms with E-state index in [-0.39, 0.29) is 5.76 Å². The topological polar surface area (TPSA) is 49.7 Å². The molecule has 0 aliphatic carbocycles. The van der Waals surface area contributed by atoms with Crippen molar-refractivity contribution in [2.24, 2.45) is 0 Å². The third-order valence-electron chi connectivity index (χ3n) is 1.71. The van der Waals surface area contributed by atoms with Crippen LogP contribution in [0.25, 0.3) is 0 Å². The first-order chi connectivity index (χ1) is 6.56. The molecule has 14 heavy (non-hydrogen) atoms. The first-order valence-electron chi connectivity index (χ1n) is 4.60. The van der Waals surface area contributed by atoms with Crippen molar-refractivity contribution < 1.29 is 14.9 Å². The number of aliphatic hydroxyl groups is 2. The molecule has 0 saturated carbocycles. The molecule has 0 aromatic carbocycles. The molecule has 0 spiro atoms. The van der Waals surface area contributed by atoms with Gasteiger partial charge in [-0.1, -0.05) is 0 Å². The van der Waals surface area contributed by atoms with Gasteiger partial charge in [0.2, 0.25) is 0 Å². The van der Waals surface area contributed by atoms with Gasteiger partial charge in [0.15, 0.2) is 11.5 Å². The monoisotopic (exact) mass is 198 g/mol. The summed E-state index contributed by atoms with van der Waals surface area (Å²) in [7, 11) is 0. The van der Waals surface area contributed by atoms with Crippen LogP contribution in [0.3, 0.4) is 0 Å². The molecule has 0 aliphatic heterocycles. The third-order valence-corrected chi connectivity index (χ3v) is 1.71. The van der Waals surface area contributed by atoms with Crippen LogP contribution in [0, 0.1) is 0 Å². The predicted octanol–water partition coefficient (Wildman–Crippen LogP) is 2.65.